The van der Waals surface area contributed by atoms with Gasteiger partial charge >= 0.3 is 0 Å². The number of hydrogen-bond donors (Lipinski definition) is 2. The van der Waals surface area contributed by atoms with Crippen LogP contribution in [0, 0.1) is 13.8 Å². The fourth-order valence-electron chi connectivity index (χ4n) is 3.15. The second-order valence-electron chi connectivity index (χ2n) is 7.31. The van der Waals surface area contributed by atoms with Crippen molar-refractivity contribution in [1.29, 1.82) is 0 Å². The van der Waals surface area contributed by atoms with E-state index < -0.39 is 0 Å². The molecule has 0 bridgehead atoms. The van der Waals surface area contributed by atoms with Gasteiger partial charge in [0, 0.05) is 17.4 Å². The molecule has 0 radical (unpaired) electrons. The first-order valence-corrected chi connectivity index (χ1v) is 10.3. The van der Waals surface area contributed by atoms with E-state index in [1.165, 1.54) is 0 Å². The number of thiocarbonyl (C=S) groups is 1. The number of aryl methyl sites for hydroxylation is 2. The van der Waals surface area contributed by atoms with Crippen LogP contribution >= 0.6 is 12.2 Å². The van der Waals surface area contributed by atoms with Crippen LogP contribution in [0.3, 0.4) is 0 Å². The van der Waals surface area contributed by atoms with Gasteiger partial charge in [-0.05, 0) is 50.3 Å². The molecule has 0 saturated heterocycles. The molecule has 0 aliphatic rings. The third-order valence-corrected chi connectivity index (χ3v) is 5.05. The molecular weight excluding hydrogens is 404 g/mol. The molecule has 0 spiro atoms. The first-order valence-electron chi connectivity index (χ1n) is 9.91. The Labute approximate surface area is 186 Å². The Kier molecular flexibility index (Phi) is 5.91. The standard InChI is InChI=1S/C25H22N4OS/c1-17-8-12-19(13-9-17)23-22(16-29(28-23)21-6-4-3-5-7-21)24(30)27-25(31)26-20-14-10-18(2)11-15-20/h3-16H,1-2H3,(H2,26,27,30,31). The van der Waals surface area contributed by atoms with E-state index in [0.29, 0.717) is 11.3 Å². The Morgan fingerprint density at radius 1 is 0.871 bits per heavy atom. The smallest absolute Gasteiger partial charge is 0.261 e. The maximum absolute atomic E-state index is 13.1. The molecule has 1 heterocycles. The Morgan fingerprint density at radius 2 is 1.48 bits per heavy atom. The number of para-hydroxylation sites is 1. The lowest BCUT2D eigenvalue weighted by Gasteiger charge is -2.10. The van der Waals surface area contributed by atoms with Gasteiger partial charge in [-0.3, -0.25) is 10.1 Å². The maximum Gasteiger partial charge on any atom is 0.261 e. The molecule has 0 aliphatic carbocycles. The third-order valence-electron chi connectivity index (χ3n) is 4.84. The van der Waals surface area contributed by atoms with Crippen molar-refractivity contribution in [3.05, 3.63) is 102 Å². The molecule has 1 aromatic heterocycles. The number of aromatic nitrogens is 2. The predicted octanol–water partition coefficient (Wildman–Crippen LogP) is 5.28. The summed E-state index contributed by atoms with van der Waals surface area (Å²) in [4.78, 5) is 13.1. The highest BCUT2D eigenvalue weighted by atomic mass is 32.1. The maximum atomic E-state index is 13.1. The zero-order valence-corrected chi connectivity index (χ0v) is 18.1. The number of hydrogen-bond acceptors (Lipinski definition) is 3. The molecule has 5 nitrogen and oxygen atoms in total. The van der Waals surface area contributed by atoms with E-state index in [4.69, 9.17) is 17.3 Å². The van der Waals surface area contributed by atoms with Gasteiger partial charge in [0.25, 0.3) is 5.91 Å². The molecule has 6 heteroatoms. The van der Waals surface area contributed by atoms with Crippen LogP contribution in [0.5, 0.6) is 0 Å². The average Bonchev–Trinajstić information content (AvgIpc) is 3.22. The Morgan fingerprint density at radius 3 is 2.13 bits per heavy atom. The molecule has 4 aromatic rings. The highest BCUT2D eigenvalue weighted by molar-refractivity contribution is 7.80. The zero-order valence-electron chi connectivity index (χ0n) is 17.3. The van der Waals surface area contributed by atoms with E-state index in [0.717, 1.165) is 28.1 Å². The lowest BCUT2D eigenvalue weighted by Crippen LogP contribution is -2.34. The molecule has 0 aliphatic heterocycles. The van der Waals surface area contributed by atoms with Crippen LogP contribution in [0.4, 0.5) is 5.69 Å². The van der Waals surface area contributed by atoms with Crippen molar-refractivity contribution in [2.24, 2.45) is 0 Å². The first kappa shape index (κ1) is 20.5. The molecule has 31 heavy (non-hydrogen) atoms. The van der Waals surface area contributed by atoms with Crippen molar-refractivity contribution in [3.63, 3.8) is 0 Å². The van der Waals surface area contributed by atoms with Gasteiger partial charge in [-0.2, -0.15) is 5.10 Å². The highest BCUT2D eigenvalue weighted by Gasteiger charge is 2.19. The fraction of sp³-hybridized carbons (Fsp3) is 0.0800. The number of benzene rings is 3. The van der Waals surface area contributed by atoms with Crippen LogP contribution < -0.4 is 10.6 Å². The number of anilines is 1. The van der Waals surface area contributed by atoms with Crippen LogP contribution in [0.15, 0.2) is 85.1 Å². The molecular formula is C25H22N4OS. The number of rotatable bonds is 4. The minimum absolute atomic E-state index is 0.233. The van der Waals surface area contributed by atoms with Crippen molar-refractivity contribution in [2.45, 2.75) is 13.8 Å². The van der Waals surface area contributed by atoms with Crippen molar-refractivity contribution in [1.82, 2.24) is 15.1 Å². The molecule has 0 saturated carbocycles. The third kappa shape index (κ3) is 4.87. The number of nitrogens with one attached hydrogen (secondary N) is 2. The first-order chi connectivity index (χ1) is 15.0. The van der Waals surface area contributed by atoms with E-state index >= 15 is 0 Å². The summed E-state index contributed by atoms with van der Waals surface area (Å²) in [5, 5.41) is 10.7. The van der Waals surface area contributed by atoms with E-state index in [-0.39, 0.29) is 11.0 Å². The number of carbonyl (C=O) groups excluding carboxylic acids is 1. The van der Waals surface area contributed by atoms with E-state index in [9.17, 15) is 4.79 Å². The van der Waals surface area contributed by atoms with Gasteiger partial charge in [0.1, 0.15) is 5.69 Å². The second kappa shape index (κ2) is 8.93. The number of nitrogens with zero attached hydrogens (tertiary/aromatic N) is 2. The van der Waals surface area contributed by atoms with Crippen molar-refractivity contribution in [3.8, 4) is 16.9 Å². The van der Waals surface area contributed by atoms with Gasteiger partial charge in [-0.1, -0.05) is 65.7 Å². The van der Waals surface area contributed by atoms with E-state index in [1.54, 1.807) is 10.9 Å². The van der Waals surface area contributed by atoms with Gasteiger partial charge in [-0.25, -0.2) is 4.68 Å². The lowest BCUT2D eigenvalue weighted by molar-refractivity contribution is 0.0978. The monoisotopic (exact) mass is 426 g/mol. The van der Waals surface area contributed by atoms with Gasteiger partial charge in [0.2, 0.25) is 0 Å². The normalized spacial score (nSPS) is 10.5. The summed E-state index contributed by atoms with van der Waals surface area (Å²) in [6.45, 7) is 4.04. The average molecular weight is 427 g/mol. The molecule has 3 aromatic carbocycles. The largest absolute Gasteiger partial charge is 0.332 e. The van der Waals surface area contributed by atoms with Crippen LogP contribution in [0.1, 0.15) is 21.5 Å². The lowest BCUT2D eigenvalue weighted by atomic mass is 10.1. The summed E-state index contributed by atoms with van der Waals surface area (Å²) in [6.07, 6.45) is 1.73. The molecule has 0 unspecified atom stereocenters. The summed E-state index contributed by atoms with van der Waals surface area (Å²) in [5.41, 5.74) is 5.88. The molecule has 2 N–H and O–H groups in total. The van der Waals surface area contributed by atoms with Crippen LogP contribution in [0.2, 0.25) is 0 Å². The minimum Gasteiger partial charge on any atom is -0.332 e. The van der Waals surface area contributed by atoms with Crippen molar-refractivity contribution >= 4 is 28.9 Å². The fourth-order valence-corrected chi connectivity index (χ4v) is 3.36. The number of amides is 1. The van der Waals surface area contributed by atoms with E-state index in [2.05, 4.69) is 10.6 Å². The summed E-state index contributed by atoms with van der Waals surface area (Å²) >= 11 is 5.35. The van der Waals surface area contributed by atoms with Crippen LogP contribution in [-0.2, 0) is 0 Å². The molecule has 0 atom stereocenters. The number of carbonyl (C=O) groups is 1. The molecule has 4 rings (SSSR count). The molecule has 154 valence electrons. The van der Waals surface area contributed by atoms with Crippen molar-refractivity contribution < 1.29 is 4.79 Å². The summed E-state index contributed by atoms with van der Waals surface area (Å²) in [6, 6.07) is 25.4. The second-order valence-corrected chi connectivity index (χ2v) is 7.72. The Bertz CT molecular complexity index is 1210. The van der Waals surface area contributed by atoms with Crippen LogP contribution in [-0.4, -0.2) is 20.8 Å². The Hall–Kier alpha value is -3.77. The van der Waals surface area contributed by atoms with E-state index in [1.807, 2.05) is 92.7 Å². The van der Waals surface area contributed by atoms with Gasteiger partial charge in [0.05, 0.1) is 11.3 Å². The summed E-state index contributed by atoms with van der Waals surface area (Å²) < 4.78 is 1.71. The molecule has 0 fully saturated rings. The topological polar surface area (TPSA) is 58.9 Å². The SMILES string of the molecule is Cc1ccc(NC(=S)NC(=O)c2cn(-c3ccccc3)nc2-c2ccc(C)cc2)cc1. The van der Waals surface area contributed by atoms with Crippen LogP contribution in [0.25, 0.3) is 16.9 Å². The quantitative estimate of drug-likeness (QED) is 0.436. The predicted molar refractivity (Wildman–Crippen MR) is 129 cm³/mol. The van der Waals surface area contributed by atoms with Gasteiger partial charge in [-0.15, -0.1) is 0 Å². The summed E-state index contributed by atoms with van der Waals surface area (Å²) in [7, 11) is 0. The van der Waals surface area contributed by atoms with Gasteiger partial charge in [0.15, 0.2) is 5.11 Å². The highest BCUT2D eigenvalue weighted by Crippen LogP contribution is 2.24. The Balaban J connectivity index is 1.62. The minimum atomic E-state index is -0.317. The molecule has 1 amide bonds. The van der Waals surface area contributed by atoms with Gasteiger partial charge < -0.3 is 5.32 Å². The zero-order chi connectivity index (χ0) is 21.8. The van der Waals surface area contributed by atoms with Crippen molar-refractivity contribution in [2.75, 3.05) is 5.32 Å². The summed E-state index contributed by atoms with van der Waals surface area (Å²) in [5.74, 6) is -0.317.